The smallest absolute Gasteiger partial charge is 0.337 e. The number of rotatable bonds is 2. The minimum absolute atomic E-state index is 0.0185. The Morgan fingerprint density at radius 2 is 2.25 bits per heavy atom. The lowest BCUT2D eigenvalue weighted by molar-refractivity contribution is -0.133. The number of methoxy groups -OCH3 is 1. The van der Waals surface area contributed by atoms with Gasteiger partial charge in [0.2, 0.25) is 0 Å². The normalized spacial score (nSPS) is 17.2. The van der Waals surface area contributed by atoms with Gasteiger partial charge in [-0.2, -0.15) is 0 Å². The molecule has 0 saturated carbocycles. The Morgan fingerprint density at radius 1 is 1.67 bits per heavy atom. The second-order valence-electron chi connectivity index (χ2n) is 2.48. The zero-order valence-electron chi connectivity index (χ0n) is 6.83. The quantitative estimate of drug-likeness (QED) is 0.605. The summed E-state index contributed by atoms with van der Waals surface area (Å²) >= 11 is 0. The molecule has 1 aliphatic rings. The van der Waals surface area contributed by atoms with Gasteiger partial charge in [-0.3, -0.25) is 4.79 Å². The van der Waals surface area contributed by atoms with Crippen molar-refractivity contribution in [2.24, 2.45) is 0 Å². The number of amides is 1. The van der Waals surface area contributed by atoms with Crippen molar-refractivity contribution in [1.29, 1.82) is 0 Å². The van der Waals surface area contributed by atoms with Gasteiger partial charge in [0.25, 0.3) is 5.91 Å². The molecule has 5 heteroatoms. The highest BCUT2D eigenvalue weighted by atomic mass is 16.5. The lowest BCUT2D eigenvalue weighted by Gasteiger charge is -2.06. The minimum Gasteiger partial charge on any atom is -0.491 e. The lowest BCUT2D eigenvalue weighted by Crippen LogP contribution is -2.22. The maximum atomic E-state index is 11.1. The van der Waals surface area contributed by atoms with Crippen molar-refractivity contribution in [2.75, 3.05) is 20.7 Å². The third kappa shape index (κ3) is 1.13. The summed E-state index contributed by atoms with van der Waals surface area (Å²) in [7, 11) is 2.81. The maximum absolute atomic E-state index is 11.1. The summed E-state index contributed by atoms with van der Waals surface area (Å²) in [5.41, 5.74) is 0.0185. The van der Waals surface area contributed by atoms with Crippen molar-refractivity contribution in [3.63, 3.8) is 0 Å². The fraction of sp³-hybridized carbons (Fsp3) is 0.429. The SMILES string of the molecule is COC1=C(C(=O)O)CN(C)C1=O. The average molecular weight is 171 g/mol. The summed E-state index contributed by atoms with van der Waals surface area (Å²) in [4.78, 5) is 23.0. The number of ether oxygens (including phenoxy) is 1. The van der Waals surface area contributed by atoms with Crippen molar-refractivity contribution in [2.45, 2.75) is 0 Å². The van der Waals surface area contributed by atoms with E-state index in [1.807, 2.05) is 0 Å². The summed E-state index contributed by atoms with van der Waals surface area (Å²) in [6, 6.07) is 0. The van der Waals surface area contributed by atoms with Crippen LogP contribution in [0.25, 0.3) is 0 Å². The maximum Gasteiger partial charge on any atom is 0.337 e. The average Bonchev–Trinajstić information content (AvgIpc) is 2.29. The fourth-order valence-corrected chi connectivity index (χ4v) is 1.06. The van der Waals surface area contributed by atoms with Crippen LogP contribution >= 0.6 is 0 Å². The number of carbonyl (C=O) groups is 2. The van der Waals surface area contributed by atoms with Crippen LogP contribution in [0.1, 0.15) is 0 Å². The van der Waals surface area contributed by atoms with E-state index in [9.17, 15) is 9.59 Å². The van der Waals surface area contributed by atoms with E-state index in [-0.39, 0.29) is 23.8 Å². The van der Waals surface area contributed by atoms with Crippen molar-refractivity contribution in [3.8, 4) is 0 Å². The predicted molar refractivity (Wildman–Crippen MR) is 39.3 cm³/mol. The minimum atomic E-state index is -1.11. The predicted octanol–water partition coefficient (Wildman–Crippen LogP) is -0.556. The molecular weight excluding hydrogens is 162 g/mol. The Hall–Kier alpha value is -1.52. The van der Waals surface area contributed by atoms with Crippen LogP contribution in [-0.2, 0) is 14.3 Å². The van der Waals surface area contributed by atoms with Crippen molar-refractivity contribution in [1.82, 2.24) is 4.90 Å². The van der Waals surface area contributed by atoms with Crippen LogP contribution in [0.4, 0.5) is 0 Å². The summed E-state index contributed by atoms with van der Waals surface area (Å²) < 4.78 is 4.68. The first-order chi connectivity index (χ1) is 5.57. The number of likely N-dealkylation sites (N-methyl/N-ethyl adjacent to an activating group) is 1. The first kappa shape index (κ1) is 8.58. The van der Waals surface area contributed by atoms with E-state index >= 15 is 0 Å². The van der Waals surface area contributed by atoms with Crippen molar-refractivity contribution in [3.05, 3.63) is 11.3 Å². The van der Waals surface area contributed by atoms with Gasteiger partial charge in [-0.1, -0.05) is 0 Å². The largest absolute Gasteiger partial charge is 0.491 e. The van der Waals surface area contributed by atoms with E-state index in [2.05, 4.69) is 4.74 Å². The van der Waals surface area contributed by atoms with Gasteiger partial charge in [0, 0.05) is 7.05 Å². The fourth-order valence-electron chi connectivity index (χ4n) is 1.06. The van der Waals surface area contributed by atoms with Gasteiger partial charge in [-0.25, -0.2) is 4.79 Å². The highest BCUT2D eigenvalue weighted by molar-refractivity contribution is 6.04. The number of carboxylic acids is 1. The Labute approximate surface area is 69.2 Å². The second-order valence-corrected chi connectivity index (χ2v) is 2.48. The molecule has 0 fully saturated rings. The second kappa shape index (κ2) is 2.84. The van der Waals surface area contributed by atoms with Gasteiger partial charge in [0.1, 0.15) is 5.57 Å². The third-order valence-electron chi connectivity index (χ3n) is 1.67. The van der Waals surface area contributed by atoms with Crippen molar-refractivity contribution < 1.29 is 19.4 Å². The standard InChI is InChI=1S/C7H9NO4/c1-8-3-4(7(10)11)5(12-2)6(8)9/h3H2,1-2H3,(H,10,11). The number of carboxylic acid groups (broad SMARTS) is 1. The van der Waals surface area contributed by atoms with Gasteiger partial charge in [0.05, 0.1) is 13.7 Å². The molecule has 1 rings (SSSR count). The molecule has 1 aliphatic heterocycles. The van der Waals surface area contributed by atoms with Crippen LogP contribution in [0.5, 0.6) is 0 Å². The van der Waals surface area contributed by atoms with E-state index in [1.165, 1.54) is 19.1 Å². The Kier molecular flexibility index (Phi) is 2.03. The molecular formula is C7H9NO4. The molecule has 1 N–H and O–H groups in total. The van der Waals surface area contributed by atoms with Crippen LogP contribution in [0, 0.1) is 0 Å². The number of aliphatic carboxylic acids is 1. The Bertz CT molecular complexity index is 269. The van der Waals surface area contributed by atoms with E-state index in [0.29, 0.717) is 0 Å². The molecule has 0 unspecified atom stereocenters. The number of carbonyl (C=O) groups excluding carboxylic acids is 1. The van der Waals surface area contributed by atoms with E-state index < -0.39 is 5.97 Å². The van der Waals surface area contributed by atoms with Crippen molar-refractivity contribution >= 4 is 11.9 Å². The van der Waals surface area contributed by atoms with Crippen LogP contribution in [-0.4, -0.2) is 42.6 Å². The molecule has 12 heavy (non-hydrogen) atoms. The summed E-state index contributed by atoms with van der Waals surface area (Å²) in [6.07, 6.45) is 0. The molecule has 0 aromatic carbocycles. The molecule has 5 nitrogen and oxygen atoms in total. The lowest BCUT2D eigenvalue weighted by atomic mass is 10.3. The molecule has 66 valence electrons. The molecule has 0 aromatic heterocycles. The molecule has 0 aromatic rings. The zero-order chi connectivity index (χ0) is 9.30. The molecule has 0 aliphatic carbocycles. The third-order valence-corrected chi connectivity index (χ3v) is 1.67. The van der Waals surface area contributed by atoms with Gasteiger partial charge in [-0.15, -0.1) is 0 Å². The number of hydrogen-bond acceptors (Lipinski definition) is 3. The first-order valence-corrected chi connectivity index (χ1v) is 3.33. The van der Waals surface area contributed by atoms with Gasteiger partial charge >= 0.3 is 5.97 Å². The zero-order valence-corrected chi connectivity index (χ0v) is 6.83. The molecule has 0 bridgehead atoms. The molecule has 0 atom stereocenters. The first-order valence-electron chi connectivity index (χ1n) is 3.33. The number of hydrogen-bond donors (Lipinski definition) is 1. The Balaban J connectivity index is 3.02. The highest BCUT2D eigenvalue weighted by Gasteiger charge is 2.32. The molecule has 0 radical (unpaired) electrons. The highest BCUT2D eigenvalue weighted by Crippen LogP contribution is 2.17. The van der Waals surface area contributed by atoms with Crippen LogP contribution in [0.15, 0.2) is 11.3 Å². The summed E-state index contributed by atoms with van der Waals surface area (Å²) in [6.45, 7) is 0.108. The van der Waals surface area contributed by atoms with Crippen LogP contribution in [0.3, 0.4) is 0 Å². The van der Waals surface area contributed by atoms with E-state index in [4.69, 9.17) is 5.11 Å². The van der Waals surface area contributed by atoms with Gasteiger partial charge in [-0.05, 0) is 0 Å². The topological polar surface area (TPSA) is 66.8 Å². The van der Waals surface area contributed by atoms with Gasteiger partial charge < -0.3 is 14.7 Å². The molecule has 0 saturated heterocycles. The van der Waals surface area contributed by atoms with E-state index in [1.54, 1.807) is 0 Å². The Morgan fingerprint density at radius 3 is 2.58 bits per heavy atom. The molecule has 0 spiro atoms. The number of nitrogens with zero attached hydrogens (tertiary/aromatic N) is 1. The molecule has 1 amide bonds. The van der Waals surface area contributed by atoms with Gasteiger partial charge in [0.15, 0.2) is 5.76 Å². The monoisotopic (exact) mass is 171 g/mol. The summed E-state index contributed by atoms with van der Waals surface area (Å²) in [5.74, 6) is -1.55. The summed E-state index contributed by atoms with van der Waals surface area (Å²) in [5, 5.41) is 8.63. The molecule has 1 heterocycles. The van der Waals surface area contributed by atoms with Crippen LogP contribution in [0.2, 0.25) is 0 Å². The van der Waals surface area contributed by atoms with Crippen LogP contribution < -0.4 is 0 Å². The van der Waals surface area contributed by atoms with E-state index in [0.717, 1.165) is 0 Å².